The molecule has 30 heavy (non-hydrogen) atoms. The molecule has 2 N–H and O–H groups in total. The highest BCUT2D eigenvalue weighted by Gasteiger charge is 2.29. The fourth-order valence-electron chi connectivity index (χ4n) is 3.28. The van der Waals surface area contributed by atoms with Gasteiger partial charge in [-0.25, -0.2) is 13.2 Å². The zero-order valence-corrected chi connectivity index (χ0v) is 16.9. The number of aromatic hydroxyl groups is 1. The van der Waals surface area contributed by atoms with Crippen LogP contribution in [0.3, 0.4) is 0 Å². The van der Waals surface area contributed by atoms with Crippen molar-refractivity contribution in [3.05, 3.63) is 106 Å². The number of rotatable bonds is 5. The van der Waals surface area contributed by atoms with Gasteiger partial charge in [0.1, 0.15) is 16.9 Å². The summed E-state index contributed by atoms with van der Waals surface area (Å²) in [6.07, 6.45) is 0. The van der Waals surface area contributed by atoms with Gasteiger partial charge in [-0.3, -0.25) is 0 Å². The van der Waals surface area contributed by atoms with Gasteiger partial charge in [0.15, 0.2) is 0 Å². The molecule has 4 rings (SSSR count). The first-order chi connectivity index (χ1) is 14.4. The first kappa shape index (κ1) is 19.9. The van der Waals surface area contributed by atoms with E-state index in [0.717, 1.165) is 5.56 Å². The molecule has 1 heterocycles. The van der Waals surface area contributed by atoms with E-state index >= 15 is 0 Å². The van der Waals surface area contributed by atoms with Gasteiger partial charge in [-0.15, -0.1) is 0 Å². The smallest absolute Gasteiger partial charge is 0.345 e. The predicted molar refractivity (Wildman–Crippen MR) is 114 cm³/mol. The van der Waals surface area contributed by atoms with Crippen molar-refractivity contribution in [1.82, 2.24) is 4.72 Å². The minimum Gasteiger partial charge on any atom is -0.507 e. The number of benzene rings is 3. The zero-order chi connectivity index (χ0) is 21.3. The zero-order valence-electron chi connectivity index (χ0n) is 16.1. The van der Waals surface area contributed by atoms with Crippen molar-refractivity contribution in [2.24, 2.45) is 0 Å². The van der Waals surface area contributed by atoms with Crippen molar-refractivity contribution in [2.75, 3.05) is 0 Å². The Hall–Kier alpha value is -3.42. The molecular formula is C23H19NO5S. The Balaban J connectivity index is 1.90. The topological polar surface area (TPSA) is 96.6 Å². The summed E-state index contributed by atoms with van der Waals surface area (Å²) in [6, 6.07) is 20.3. The highest BCUT2D eigenvalue weighted by molar-refractivity contribution is 7.89. The van der Waals surface area contributed by atoms with E-state index in [1.807, 2.05) is 6.92 Å². The molecule has 152 valence electrons. The van der Waals surface area contributed by atoms with Gasteiger partial charge in [0.2, 0.25) is 10.0 Å². The van der Waals surface area contributed by atoms with Crippen LogP contribution < -0.4 is 10.3 Å². The molecule has 0 fully saturated rings. The van der Waals surface area contributed by atoms with Crippen LogP contribution in [0.2, 0.25) is 0 Å². The van der Waals surface area contributed by atoms with Gasteiger partial charge in [0.05, 0.1) is 16.3 Å². The molecule has 1 atom stereocenters. The van der Waals surface area contributed by atoms with Gasteiger partial charge in [-0.1, -0.05) is 60.2 Å². The number of hydrogen-bond acceptors (Lipinski definition) is 5. The summed E-state index contributed by atoms with van der Waals surface area (Å²) in [5, 5.41) is 11.2. The Morgan fingerprint density at radius 1 is 0.900 bits per heavy atom. The normalized spacial score (nSPS) is 12.7. The molecule has 0 spiro atoms. The lowest BCUT2D eigenvalue weighted by atomic mass is 9.99. The Morgan fingerprint density at radius 2 is 1.53 bits per heavy atom. The molecule has 1 aromatic heterocycles. The third kappa shape index (κ3) is 3.72. The summed E-state index contributed by atoms with van der Waals surface area (Å²) in [5.41, 5.74) is 0.645. The van der Waals surface area contributed by atoms with Gasteiger partial charge < -0.3 is 9.52 Å². The van der Waals surface area contributed by atoms with Crippen LogP contribution in [0.1, 0.15) is 22.7 Å². The molecule has 0 saturated carbocycles. The van der Waals surface area contributed by atoms with Crippen LogP contribution in [-0.2, 0) is 10.0 Å². The highest BCUT2D eigenvalue weighted by atomic mass is 32.2. The fraction of sp³-hybridized carbons (Fsp3) is 0.0870. The standard InChI is InChI=1S/C23H19NO5S/c1-15-11-13-17(14-12-15)30(27,28)24-21(16-7-3-2-4-8-16)20-22(25)18-9-5-6-10-19(18)29-23(20)26/h2-14,21,24-25H,1H3/t21-/m0/s1. The molecule has 0 aliphatic carbocycles. The van der Waals surface area contributed by atoms with Crippen molar-refractivity contribution in [3.63, 3.8) is 0 Å². The lowest BCUT2D eigenvalue weighted by Gasteiger charge is -2.20. The first-order valence-electron chi connectivity index (χ1n) is 9.25. The number of hydrogen-bond donors (Lipinski definition) is 2. The molecular weight excluding hydrogens is 402 g/mol. The van der Waals surface area contributed by atoms with Crippen LogP contribution in [-0.4, -0.2) is 13.5 Å². The van der Waals surface area contributed by atoms with Crippen LogP contribution in [0, 0.1) is 6.92 Å². The van der Waals surface area contributed by atoms with E-state index < -0.39 is 21.7 Å². The lowest BCUT2D eigenvalue weighted by molar-refractivity contribution is 0.448. The third-order valence-electron chi connectivity index (χ3n) is 4.85. The molecule has 0 bridgehead atoms. The quantitative estimate of drug-likeness (QED) is 0.477. The summed E-state index contributed by atoms with van der Waals surface area (Å²) in [5.74, 6) is -0.317. The molecule has 0 unspecified atom stereocenters. The molecule has 3 aromatic carbocycles. The van der Waals surface area contributed by atoms with Crippen molar-refractivity contribution in [3.8, 4) is 5.75 Å². The highest BCUT2D eigenvalue weighted by Crippen LogP contribution is 2.33. The molecule has 6 nitrogen and oxygen atoms in total. The van der Waals surface area contributed by atoms with Crippen LogP contribution in [0.15, 0.2) is 93.0 Å². The Labute approximate surface area is 173 Å². The van der Waals surface area contributed by atoms with Crippen LogP contribution in [0.25, 0.3) is 11.0 Å². The minimum absolute atomic E-state index is 0.0543. The van der Waals surface area contributed by atoms with E-state index in [9.17, 15) is 18.3 Å². The minimum atomic E-state index is -4.00. The average Bonchev–Trinajstić information content (AvgIpc) is 2.74. The molecule has 0 aliphatic rings. The van der Waals surface area contributed by atoms with E-state index in [0.29, 0.717) is 10.9 Å². The largest absolute Gasteiger partial charge is 0.507 e. The number of para-hydroxylation sites is 1. The maximum absolute atomic E-state index is 13.1. The van der Waals surface area contributed by atoms with Crippen molar-refractivity contribution < 1.29 is 17.9 Å². The third-order valence-corrected chi connectivity index (χ3v) is 6.28. The molecule has 0 saturated heterocycles. The summed E-state index contributed by atoms with van der Waals surface area (Å²) in [6.45, 7) is 1.86. The number of fused-ring (bicyclic) bond motifs is 1. The maximum atomic E-state index is 13.1. The van der Waals surface area contributed by atoms with Crippen LogP contribution in [0.5, 0.6) is 5.75 Å². The van der Waals surface area contributed by atoms with Crippen molar-refractivity contribution in [2.45, 2.75) is 17.9 Å². The van der Waals surface area contributed by atoms with E-state index in [1.165, 1.54) is 12.1 Å². The lowest BCUT2D eigenvalue weighted by Crippen LogP contribution is -2.32. The van der Waals surface area contributed by atoms with Gasteiger partial charge in [0, 0.05) is 0 Å². The molecule has 0 aliphatic heterocycles. The second kappa shape index (κ2) is 7.78. The summed E-state index contributed by atoms with van der Waals surface area (Å²) in [4.78, 5) is 12.8. The van der Waals surface area contributed by atoms with Gasteiger partial charge in [-0.2, -0.15) is 4.72 Å². The van der Waals surface area contributed by atoms with Crippen LogP contribution >= 0.6 is 0 Å². The fourth-order valence-corrected chi connectivity index (χ4v) is 4.48. The Morgan fingerprint density at radius 3 is 2.23 bits per heavy atom. The van der Waals surface area contributed by atoms with E-state index in [1.54, 1.807) is 66.7 Å². The predicted octanol–water partition coefficient (Wildman–Crippen LogP) is 3.87. The Kier molecular flexibility index (Phi) is 5.15. The van der Waals surface area contributed by atoms with Crippen molar-refractivity contribution >= 4 is 21.0 Å². The second-order valence-corrected chi connectivity index (χ2v) is 8.64. The molecule has 4 aromatic rings. The molecule has 7 heteroatoms. The Bertz CT molecular complexity index is 1360. The van der Waals surface area contributed by atoms with E-state index in [4.69, 9.17) is 4.42 Å². The van der Waals surface area contributed by atoms with E-state index in [-0.39, 0.29) is 21.8 Å². The SMILES string of the molecule is Cc1ccc(S(=O)(=O)N[C@@H](c2ccccc2)c2c(O)c3ccccc3oc2=O)cc1. The maximum Gasteiger partial charge on any atom is 0.345 e. The number of aryl methyl sites for hydroxylation is 1. The average molecular weight is 421 g/mol. The summed E-state index contributed by atoms with van der Waals surface area (Å²) in [7, 11) is -4.00. The van der Waals surface area contributed by atoms with Gasteiger partial charge in [0.25, 0.3) is 0 Å². The first-order valence-corrected chi connectivity index (χ1v) is 10.7. The van der Waals surface area contributed by atoms with Gasteiger partial charge >= 0.3 is 5.63 Å². The monoisotopic (exact) mass is 421 g/mol. The summed E-state index contributed by atoms with van der Waals surface area (Å²) >= 11 is 0. The summed E-state index contributed by atoms with van der Waals surface area (Å²) < 4.78 is 34.0. The number of nitrogens with one attached hydrogen (secondary N) is 1. The molecule has 0 amide bonds. The second-order valence-electron chi connectivity index (χ2n) is 6.93. The van der Waals surface area contributed by atoms with Crippen LogP contribution in [0.4, 0.5) is 0 Å². The van der Waals surface area contributed by atoms with E-state index in [2.05, 4.69) is 4.72 Å². The molecule has 0 radical (unpaired) electrons. The van der Waals surface area contributed by atoms with Gasteiger partial charge in [-0.05, 0) is 36.8 Å². The number of sulfonamides is 1. The van der Waals surface area contributed by atoms with Crippen molar-refractivity contribution in [1.29, 1.82) is 0 Å².